The molecule has 1 N–H and O–H groups in total. The van der Waals surface area contributed by atoms with Crippen LogP contribution in [0.2, 0.25) is 0 Å². The monoisotopic (exact) mass is 195 g/mol. The van der Waals surface area contributed by atoms with E-state index in [2.05, 4.69) is 30.4 Å². The van der Waals surface area contributed by atoms with Crippen LogP contribution in [0.15, 0.2) is 0 Å². The quantitative estimate of drug-likeness (QED) is 0.736. The molecule has 0 aliphatic heterocycles. The number of nitrogens with one attached hydrogen (secondary N) is 1. The Bertz CT molecular complexity index is 211. The molecule has 0 aromatic heterocycles. The minimum atomic E-state index is -0.0348. The summed E-state index contributed by atoms with van der Waals surface area (Å²) in [5, 5.41) is 12.0. The molecule has 3 nitrogen and oxygen atoms in total. The average Bonchev–Trinajstić information content (AvgIpc) is 2.64. The number of hydrogen-bond donors (Lipinski definition) is 1. The Morgan fingerprint density at radius 3 is 2.43 bits per heavy atom. The van der Waals surface area contributed by atoms with E-state index in [1.807, 2.05) is 6.92 Å². The summed E-state index contributed by atoms with van der Waals surface area (Å²) >= 11 is 0. The Morgan fingerprint density at radius 1 is 1.43 bits per heavy atom. The van der Waals surface area contributed by atoms with Crippen molar-refractivity contribution in [2.45, 2.75) is 44.2 Å². The second kappa shape index (κ2) is 4.77. The van der Waals surface area contributed by atoms with Crippen LogP contribution in [0.4, 0.5) is 0 Å². The van der Waals surface area contributed by atoms with Crippen molar-refractivity contribution in [3.63, 3.8) is 0 Å². The van der Waals surface area contributed by atoms with Gasteiger partial charge in [-0.25, -0.2) is 0 Å². The van der Waals surface area contributed by atoms with E-state index in [0.717, 1.165) is 6.54 Å². The van der Waals surface area contributed by atoms with E-state index in [1.54, 1.807) is 0 Å². The van der Waals surface area contributed by atoms with Gasteiger partial charge in [-0.1, -0.05) is 12.8 Å². The van der Waals surface area contributed by atoms with Crippen LogP contribution in [0.5, 0.6) is 0 Å². The van der Waals surface area contributed by atoms with Gasteiger partial charge in [0.05, 0.1) is 12.1 Å². The summed E-state index contributed by atoms with van der Waals surface area (Å²) in [5.74, 6) is 0. The van der Waals surface area contributed by atoms with Gasteiger partial charge in [-0.05, 0) is 33.9 Å². The Kier molecular flexibility index (Phi) is 3.91. The summed E-state index contributed by atoms with van der Waals surface area (Å²) in [6.07, 6.45) is 5.15. The zero-order chi connectivity index (χ0) is 10.6. The first-order chi connectivity index (χ1) is 6.60. The van der Waals surface area contributed by atoms with E-state index in [9.17, 15) is 0 Å². The van der Waals surface area contributed by atoms with Gasteiger partial charge in [0.25, 0.3) is 0 Å². The van der Waals surface area contributed by atoms with Gasteiger partial charge in [0.2, 0.25) is 0 Å². The maximum absolute atomic E-state index is 8.71. The summed E-state index contributed by atoms with van der Waals surface area (Å²) in [6.45, 7) is 2.85. The molecule has 1 unspecified atom stereocenters. The lowest BCUT2D eigenvalue weighted by atomic mass is 9.96. The molecule has 1 saturated carbocycles. The number of rotatable bonds is 4. The summed E-state index contributed by atoms with van der Waals surface area (Å²) in [5.41, 5.74) is 0.297. The number of hydrogen-bond acceptors (Lipinski definition) is 3. The van der Waals surface area contributed by atoms with Crippen LogP contribution < -0.4 is 5.32 Å². The molecule has 1 aliphatic carbocycles. The highest BCUT2D eigenvalue weighted by molar-refractivity contribution is 4.97. The van der Waals surface area contributed by atoms with E-state index < -0.39 is 0 Å². The lowest BCUT2D eigenvalue weighted by Gasteiger charge is -2.37. The molecule has 1 atom stereocenters. The molecule has 3 heteroatoms. The van der Waals surface area contributed by atoms with Crippen molar-refractivity contribution in [3.05, 3.63) is 0 Å². The molecule has 1 rings (SSSR count). The minimum absolute atomic E-state index is 0.0348. The van der Waals surface area contributed by atoms with Crippen LogP contribution in [-0.4, -0.2) is 37.1 Å². The second-order valence-corrected chi connectivity index (χ2v) is 4.56. The molecule has 0 radical (unpaired) electrons. The molecule has 0 spiro atoms. The van der Waals surface area contributed by atoms with Gasteiger partial charge in [-0.2, -0.15) is 5.26 Å². The maximum Gasteiger partial charge on any atom is 0.0925 e. The van der Waals surface area contributed by atoms with E-state index in [4.69, 9.17) is 5.26 Å². The Labute approximate surface area is 87.1 Å². The van der Waals surface area contributed by atoms with Gasteiger partial charge >= 0.3 is 0 Å². The van der Waals surface area contributed by atoms with Crippen LogP contribution in [0.25, 0.3) is 0 Å². The first-order valence-electron chi connectivity index (χ1n) is 5.41. The third kappa shape index (κ3) is 2.46. The molecule has 80 valence electrons. The average molecular weight is 195 g/mol. The summed E-state index contributed by atoms with van der Waals surface area (Å²) < 4.78 is 0. The molecule has 0 saturated heterocycles. The topological polar surface area (TPSA) is 39.1 Å². The SMILES string of the molecule is CC(C#N)NCC1(N(C)C)CCCC1. The molecule has 14 heavy (non-hydrogen) atoms. The highest BCUT2D eigenvalue weighted by atomic mass is 15.2. The third-order valence-corrected chi connectivity index (χ3v) is 3.41. The third-order valence-electron chi connectivity index (χ3n) is 3.41. The predicted octanol–water partition coefficient (Wildman–Crippen LogP) is 1.36. The highest BCUT2D eigenvalue weighted by Gasteiger charge is 2.35. The zero-order valence-electron chi connectivity index (χ0n) is 9.51. The number of nitrogens with zero attached hydrogens (tertiary/aromatic N) is 2. The van der Waals surface area contributed by atoms with Crippen LogP contribution in [0.3, 0.4) is 0 Å². The van der Waals surface area contributed by atoms with Crippen molar-refractivity contribution >= 4 is 0 Å². The molecule has 0 heterocycles. The van der Waals surface area contributed by atoms with Crippen molar-refractivity contribution in [3.8, 4) is 6.07 Å². The summed E-state index contributed by atoms with van der Waals surface area (Å²) in [4.78, 5) is 2.32. The van der Waals surface area contributed by atoms with Gasteiger partial charge < -0.3 is 10.2 Å². The standard InChI is InChI=1S/C11H21N3/c1-10(8-12)13-9-11(14(2)3)6-4-5-7-11/h10,13H,4-7,9H2,1-3H3. The number of likely N-dealkylation sites (N-methyl/N-ethyl adjacent to an activating group) is 1. The smallest absolute Gasteiger partial charge is 0.0925 e. The predicted molar refractivity (Wildman–Crippen MR) is 58.0 cm³/mol. The fraction of sp³-hybridized carbons (Fsp3) is 0.909. The molecule has 0 aromatic rings. The molecule has 0 bridgehead atoms. The lowest BCUT2D eigenvalue weighted by Crippen LogP contribution is -2.51. The Balaban J connectivity index is 2.49. The van der Waals surface area contributed by atoms with Crippen LogP contribution in [0.1, 0.15) is 32.6 Å². The zero-order valence-corrected chi connectivity index (χ0v) is 9.51. The first-order valence-corrected chi connectivity index (χ1v) is 5.41. The number of nitriles is 1. The van der Waals surface area contributed by atoms with Gasteiger partial charge in [0.1, 0.15) is 0 Å². The van der Waals surface area contributed by atoms with E-state index >= 15 is 0 Å². The van der Waals surface area contributed by atoms with Crippen molar-refractivity contribution in [1.29, 1.82) is 5.26 Å². The van der Waals surface area contributed by atoms with Gasteiger partial charge in [-0.15, -0.1) is 0 Å². The minimum Gasteiger partial charge on any atom is -0.302 e. The molecular weight excluding hydrogens is 174 g/mol. The van der Waals surface area contributed by atoms with Gasteiger partial charge in [-0.3, -0.25) is 0 Å². The summed E-state index contributed by atoms with van der Waals surface area (Å²) in [6, 6.07) is 2.18. The lowest BCUT2D eigenvalue weighted by molar-refractivity contribution is 0.152. The molecule has 0 amide bonds. The highest BCUT2D eigenvalue weighted by Crippen LogP contribution is 2.33. The molecular formula is C11H21N3. The Hall–Kier alpha value is -0.590. The fourth-order valence-corrected chi connectivity index (χ4v) is 2.20. The molecule has 1 fully saturated rings. The van der Waals surface area contributed by atoms with Crippen molar-refractivity contribution < 1.29 is 0 Å². The van der Waals surface area contributed by atoms with Crippen LogP contribution in [-0.2, 0) is 0 Å². The van der Waals surface area contributed by atoms with E-state index in [-0.39, 0.29) is 6.04 Å². The molecule has 1 aliphatic rings. The van der Waals surface area contributed by atoms with Crippen molar-refractivity contribution in [2.24, 2.45) is 0 Å². The maximum atomic E-state index is 8.71. The van der Waals surface area contributed by atoms with Crippen LogP contribution >= 0.6 is 0 Å². The molecule has 0 aromatic carbocycles. The largest absolute Gasteiger partial charge is 0.302 e. The van der Waals surface area contributed by atoms with Crippen molar-refractivity contribution in [1.82, 2.24) is 10.2 Å². The van der Waals surface area contributed by atoms with Crippen molar-refractivity contribution in [2.75, 3.05) is 20.6 Å². The second-order valence-electron chi connectivity index (χ2n) is 4.56. The Morgan fingerprint density at radius 2 is 2.00 bits per heavy atom. The van der Waals surface area contributed by atoms with Crippen LogP contribution in [0, 0.1) is 11.3 Å². The normalized spacial score (nSPS) is 22.2. The van der Waals surface area contributed by atoms with Gasteiger partial charge in [0.15, 0.2) is 0 Å². The van der Waals surface area contributed by atoms with Gasteiger partial charge in [0, 0.05) is 12.1 Å². The fourth-order valence-electron chi connectivity index (χ4n) is 2.20. The van der Waals surface area contributed by atoms with E-state index in [1.165, 1.54) is 25.7 Å². The first kappa shape index (κ1) is 11.5. The van der Waals surface area contributed by atoms with E-state index in [0.29, 0.717) is 5.54 Å². The summed E-state index contributed by atoms with van der Waals surface area (Å²) in [7, 11) is 4.29.